The van der Waals surface area contributed by atoms with Crippen LogP contribution in [0.25, 0.3) is 0 Å². The van der Waals surface area contributed by atoms with Crippen molar-refractivity contribution in [2.45, 2.75) is 32.6 Å². The van der Waals surface area contributed by atoms with Crippen molar-refractivity contribution in [1.82, 2.24) is 5.32 Å². The van der Waals surface area contributed by atoms with Crippen molar-refractivity contribution in [2.24, 2.45) is 11.8 Å². The van der Waals surface area contributed by atoms with Crippen LogP contribution in [-0.4, -0.2) is 36.9 Å². The average Bonchev–Trinajstić information content (AvgIpc) is 2.75. The second-order valence-electron chi connectivity index (χ2n) is 7.99. The average molecular weight is 411 g/mol. The standard InChI is InChI=1S/C24H30N2O4/c1-18-7-13-22(14-8-18)26(21-5-3-2-4-6-21)24(29)25-15-19-9-11-20(12-10-19)16-30-17-23(27)28/h2-8,13-14,19-20H,9-12,15-17H2,1H3,(H,25,29)(H,27,28)/t19-,20-. The summed E-state index contributed by atoms with van der Waals surface area (Å²) in [6.45, 7) is 2.93. The van der Waals surface area contributed by atoms with Crippen molar-refractivity contribution >= 4 is 23.4 Å². The third kappa shape index (κ3) is 6.32. The van der Waals surface area contributed by atoms with E-state index in [0.717, 1.165) is 42.6 Å². The zero-order chi connectivity index (χ0) is 21.3. The number of hydrogen-bond donors (Lipinski definition) is 2. The fourth-order valence-electron chi connectivity index (χ4n) is 3.88. The molecule has 1 aliphatic rings. The maximum absolute atomic E-state index is 13.1. The number of ether oxygens (including phenoxy) is 1. The number of hydrogen-bond acceptors (Lipinski definition) is 3. The second-order valence-corrected chi connectivity index (χ2v) is 7.99. The predicted octanol–water partition coefficient (Wildman–Crippen LogP) is 4.75. The molecule has 0 radical (unpaired) electrons. The topological polar surface area (TPSA) is 78.9 Å². The van der Waals surface area contributed by atoms with E-state index in [0.29, 0.717) is 25.0 Å². The molecule has 0 aliphatic heterocycles. The summed E-state index contributed by atoms with van der Waals surface area (Å²) in [5.74, 6) is -0.0899. The van der Waals surface area contributed by atoms with Gasteiger partial charge in [-0.2, -0.15) is 0 Å². The van der Waals surface area contributed by atoms with Crippen LogP contribution >= 0.6 is 0 Å². The molecule has 30 heavy (non-hydrogen) atoms. The van der Waals surface area contributed by atoms with Crippen LogP contribution in [0.15, 0.2) is 54.6 Å². The van der Waals surface area contributed by atoms with Gasteiger partial charge >= 0.3 is 12.0 Å². The van der Waals surface area contributed by atoms with E-state index in [9.17, 15) is 9.59 Å². The van der Waals surface area contributed by atoms with E-state index in [1.165, 1.54) is 0 Å². The molecule has 6 heteroatoms. The van der Waals surface area contributed by atoms with Gasteiger partial charge in [0.2, 0.25) is 0 Å². The van der Waals surface area contributed by atoms with E-state index in [1.807, 2.05) is 61.5 Å². The van der Waals surface area contributed by atoms with Crippen LogP contribution in [0.2, 0.25) is 0 Å². The minimum absolute atomic E-state index is 0.128. The summed E-state index contributed by atoms with van der Waals surface area (Å²) in [6.07, 6.45) is 4.02. The molecule has 1 fully saturated rings. The molecule has 0 spiro atoms. The Morgan fingerprint density at radius 1 is 0.967 bits per heavy atom. The normalized spacial score (nSPS) is 18.6. The molecule has 2 aromatic carbocycles. The van der Waals surface area contributed by atoms with Gasteiger partial charge in [0, 0.05) is 6.54 Å². The lowest BCUT2D eigenvalue weighted by atomic mass is 9.82. The quantitative estimate of drug-likeness (QED) is 0.658. The van der Waals surface area contributed by atoms with Gasteiger partial charge in [-0.05, 0) is 68.7 Å². The first-order valence-electron chi connectivity index (χ1n) is 10.5. The fourth-order valence-corrected chi connectivity index (χ4v) is 3.88. The number of aryl methyl sites for hydroxylation is 1. The highest BCUT2D eigenvalue weighted by Crippen LogP contribution is 2.29. The van der Waals surface area contributed by atoms with Crippen molar-refractivity contribution in [2.75, 3.05) is 24.7 Å². The number of aliphatic carboxylic acids is 1. The summed E-state index contributed by atoms with van der Waals surface area (Å²) >= 11 is 0. The number of amides is 2. The predicted molar refractivity (Wildman–Crippen MR) is 117 cm³/mol. The number of carbonyl (C=O) groups excluding carboxylic acids is 1. The molecule has 0 aromatic heterocycles. The lowest BCUT2D eigenvalue weighted by molar-refractivity contribution is -0.142. The Bertz CT molecular complexity index is 815. The van der Waals surface area contributed by atoms with Gasteiger partial charge in [0.1, 0.15) is 6.61 Å². The monoisotopic (exact) mass is 410 g/mol. The van der Waals surface area contributed by atoms with E-state index in [4.69, 9.17) is 9.84 Å². The molecule has 6 nitrogen and oxygen atoms in total. The smallest absolute Gasteiger partial charge is 0.329 e. The number of nitrogens with one attached hydrogen (secondary N) is 1. The van der Waals surface area contributed by atoms with Crippen LogP contribution in [-0.2, 0) is 9.53 Å². The first-order chi connectivity index (χ1) is 14.5. The number of urea groups is 1. The Morgan fingerprint density at radius 3 is 2.20 bits per heavy atom. The molecule has 1 saturated carbocycles. The van der Waals surface area contributed by atoms with Crippen molar-refractivity contribution in [1.29, 1.82) is 0 Å². The number of benzene rings is 2. The summed E-state index contributed by atoms with van der Waals surface area (Å²) in [6, 6.07) is 17.5. The lowest BCUT2D eigenvalue weighted by Crippen LogP contribution is -2.40. The van der Waals surface area contributed by atoms with Crippen molar-refractivity contribution < 1.29 is 19.4 Å². The van der Waals surface area contributed by atoms with Crippen LogP contribution in [0.5, 0.6) is 0 Å². The zero-order valence-corrected chi connectivity index (χ0v) is 17.4. The molecule has 0 unspecified atom stereocenters. The number of rotatable bonds is 8. The molecule has 0 heterocycles. The van der Waals surface area contributed by atoms with Crippen LogP contribution in [0, 0.1) is 18.8 Å². The van der Waals surface area contributed by atoms with E-state index >= 15 is 0 Å². The third-order valence-corrected chi connectivity index (χ3v) is 5.60. The first-order valence-corrected chi connectivity index (χ1v) is 10.5. The number of carboxylic acid groups (broad SMARTS) is 1. The van der Waals surface area contributed by atoms with Gasteiger partial charge in [0.15, 0.2) is 0 Å². The minimum atomic E-state index is -0.928. The number of carboxylic acids is 1. The number of anilines is 2. The SMILES string of the molecule is Cc1ccc(N(C(=O)NC[C@H]2CC[C@H](COCC(=O)O)CC2)c2ccccc2)cc1. The summed E-state index contributed by atoms with van der Waals surface area (Å²) in [5.41, 5.74) is 2.82. The highest BCUT2D eigenvalue weighted by molar-refractivity contribution is 5.99. The summed E-state index contributed by atoms with van der Waals surface area (Å²) in [4.78, 5) is 25.3. The molecule has 2 N–H and O–H groups in total. The van der Waals surface area contributed by atoms with Crippen molar-refractivity contribution in [3.63, 3.8) is 0 Å². The van der Waals surface area contributed by atoms with Gasteiger partial charge in [0.25, 0.3) is 0 Å². The van der Waals surface area contributed by atoms with E-state index in [-0.39, 0.29) is 12.6 Å². The van der Waals surface area contributed by atoms with Crippen molar-refractivity contribution in [3.05, 3.63) is 60.2 Å². The molecule has 3 rings (SSSR count). The van der Waals surface area contributed by atoms with Gasteiger partial charge in [-0.3, -0.25) is 4.90 Å². The minimum Gasteiger partial charge on any atom is -0.480 e. The van der Waals surface area contributed by atoms with E-state index in [1.54, 1.807) is 4.90 Å². The Balaban J connectivity index is 1.54. The highest BCUT2D eigenvalue weighted by atomic mass is 16.5. The number of carbonyl (C=O) groups is 2. The van der Waals surface area contributed by atoms with Gasteiger partial charge in [-0.15, -0.1) is 0 Å². The Kier molecular flexibility index (Phi) is 7.85. The maximum atomic E-state index is 13.1. The van der Waals surface area contributed by atoms with Crippen LogP contribution < -0.4 is 10.2 Å². The number of para-hydroxylation sites is 1. The first kappa shape index (κ1) is 21.8. The lowest BCUT2D eigenvalue weighted by Gasteiger charge is -2.29. The summed E-state index contributed by atoms with van der Waals surface area (Å²) < 4.78 is 5.23. The molecule has 2 amide bonds. The number of nitrogens with zero attached hydrogens (tertiary/aromatic N) is 1. The molecule has 1 aliphatic carbocycles. The summed E-state index contributed by atoms with van der Waals surface area (Å²) in [5, 5.41) is 11.8. The van der Waals surface area contributed by atoms with Crippen LogP contribution in [0.1, 0.15) is 31.2 Å². The highest BCUT2D eigenvalue weighted by Gasteiger charge is 2.24. The molecule has 0 saturated heterocycles. The van der Waals surface area contributed by atoms with E-state index < -0.39 is 5.97 Å². The van der Waals surface area contributed by atoms with Crippen LogP contribution in [0.3, 0.4) is 0 Å². The van der Waals surface area contributed by atoms with Crippen LogP contribution in [0.4, 0.5) is 16.2 Å². The summed E-state index contributed by atoms with van der Waals surface area (Å²) in [7, 11) is 0. The fraction of sp³-hybridized carbons (Fsp3) is 0.417. The molecular weight excluding hydrogens is 380 g/mol. The molecule has 0 atom stereocenters. The Hall–Kier alpha value is -2.86. The maximum Gasteiger partial charge on any atom is 0.329 e. The van der Waals surface area contributed by atoms with Gasteiger partial charge in [-0.1, -0.05) is 35.9 Å². The molecular formula is C24H30N2O4. The Labute approximate surface area is 177 Å². The second kappa shape index (κ2) is 10.8. The molecule has 160 valence electrons. The van der Waals surface area contributed by atoms with Crippen molar-refractivity contribution in [3.8, 4) is 0 Å². The molecule has 0 bridgehead atoms. The molecule has 2 aromatic rings. The van der Waals surface area contributed by atoms with Gasteiger partial charge < -0.3 is 15.2 Å². The van der Waals surface area contributed by atoms with E-state index in [2.05, 4.69) is 5.32 Å². The van der Waals surface area contributed by atoms with Gasteiger partial charge in [0.05, 0.1) is 18.0 Å². The third-order valence-electron chi connectivity index (χ3n) is 5.60. The Morgan fingerprint density at radius 2 is 1.57 bits per heavy atom. The zero-order valence-electron chi connectivity index (χ0n) is 17.4. The van der Waals surface area contributed by atoms with Gasteiger partial charge in [-0.25, -0.2) is 9.59 Å². The largest absolute Gasteiger partial charge is 0.480 e.